The van der Waals surface area contributed by atoms with Crippen molar-refractivity contribution in [1.29, 1.82) is 0 Å². The molecule has 2 saturated heterocycles. The largest absolute Gasteiger partial charge is 0.379 e. The maximum absolute atomic E-state index is 12.5. The van der Waals surface area contributed by atoms with Crippen LogP contribution in [0.15, 0.2) is 0 Å². The van der Waals surface area contributed by atoms with Crippen molar-refractivity contribution < 1.29 is 9.53 Å². The maximum atomic E-state index is 12.5. The van der Waals surface area contributed by atoms with E-state index in [-0.39, 0.29) is 0 Å². The fourth-order valence-electron chi connectivity index (χ4n) is 3.52. The fraction of sp³-hybridized carbons (Fsp3) is 0.941. The van der Waals surface area contributed by atoms with Gasteiger partial charge in [0.05, 0.1) is 13.2 Å². The van der Waals surface area contributed by atoms with Crippen LogP contribution in [0.5, 0.6) is 0 Å². The Kier molecular flexibility index (Phi) is 8.20. The number of amides is 1. The summed E-state index contributed by atoms with van der Waals surface area (Å²) in [4.78, 5) is 17.2. The van der Waals surface area contributed by atoms with E-state index in [1.807, 2.05) is 0 Å². The number of nitrogens with zero attached hydrogens (tertiary/aromatic N) is 2. The Morgan fingerprint density at radius 1 is 1.05 bits per heavy atom. The number of carbonyl (C=O) groups is 1. The lowest BCUT2D eigenvalue weighted by molar-refractivity contribution is -0.135. The minimum atomic E-state index is 0.366. The van der Waals surface area contributed by atoms with Gasteiger partial charge >= 0.3 is 0 Å². The van der Waals surface area contributed by atoms with Gasteiger partial charge in [0, 0.05) is 38.6 Å². The predicted molar refractivity (Wildman–Crippen MR) is 88.8 cm³/mol. The Bertz CT molecular complexity index is 319. The van der Waals surface area contributed by atoms with Crippen LogP contribution < -0.4 is 5.73 Å². The molecule has 0 aromatic carbocycles. The quantitative estimate of drug-likeness (QED) is 0.692. The van der Waals surface area contributed by atoms with E-state index >= 15 is 0 Å². The molecule has 2 heterocycles. The number of morpholine rings is 1. The van der Waals surface area contributed by atoms with Crippen LogP contribution in [-0.4, -0.2) is 67.7 Å². The van der Waals surface area contributed by atoms with Crippen molar-refractivity contribution in [3.63, 3.8) is 0 Å². The van der Waals surface area contributed by atoms with Crippen LogP contribution in [0.25, 0.3) is 0 Å². The van der Waals surface area contributed by atoms with Crippen molar-refractivity contribution in [2.75, 3.05) is 45.9 Å². The number of ether oxygens (including phenoxy) is 1. The number of unbranched alkanes of at least 4 members (excludes halogenated alkanes) is 3. The van der Waals surface area contributed by atoms with E-state index < -0.39 is 0 Å². The van der Waals surface area contributed by atoms with Crippen molar-refractivity contribution in [2.45, 2.75) is 57.4 Å². The molecule has 2 aliphatic heterocycles. The first-order valence-corrected chi connectivity index (χ1v) is 9.11. The summed E-state index contributed by atoms with van der Waals surface area (Å²) in [5.41, 5.74) is 5.51. The average molecular weight is 311 g/mol. The summed E-state index contributed by atoms with van der Waals surface area (Å²) in [6.07, 6.45) is 8.68. The molecule has 1 atom stereocenters. The first-order chi connectivity index (χ1) is 10.8. The van der Waals surface area contributed by atoms with Crippen LogP contribution in [-0.2, 0) is 9.53 Å². The molecule has 1 unspecified atom stereocenters. The first kappa shape index (κ1) is 17.7. The summed E-state index contributed by atoms with van der Waals surface area (Å²) in [5, 5.41) is 0. The van der Waals surface area contributed by atoms with E-state index in [9.17, 15) is 4.79 Å². The molecular formula is C17H33N3O2. The van der Waals surface area contributed by atoms with Crippen molar-refractivity contribution >= 4 is 5.91 Å². The second-order valence-electron chi connectivity index (χ2n) is 6.60. The SMILES string of the molecule is NCCCCCCC(=O)N1CCCCC1CN1CCOCC1. The molecule has 128 valence electrons. The van der Waals surface area contributed by atoms with Crippen LogP contribution in [0.3, 0.4) is 0 Å². The zero-order chi connectivity index (χ0) is 15.6. The molecule has 0 aromatic heterocycles. The standard InChI is InChI=1S/C17H33N3O2/c18-9-5-2-1-3-8-17(21)20-10-6-4-7-16(20)15-19-11-13-22-14-12-19/h16H,1-15,18H2. The van der Waals surface area contributed by atoms with Gasteiger partial charge < -0.3 is 15.4 Å². The summed E-state index contributed by atoms with van der Waals surface area (Å²) in [6, 6.07) is 0.420. The third-order valence-electron chi connectivity index (χ3n) is 4.86. The van der Waals surface area contributed by atoms with Crippen LogP contribution in [0, 0.1) is 0 Å². The lowest BCUT2D eigenvalue weighted by atomic mass is 10.00. The molecule has 5 nitrogen and oxygen atoms in total. The van der Waals surface area contributed by atoms with E-state index in [0.29, 0.717) is 18.4 Å². The van der Waals surface area contributed by atoms with Crippen LogP contribution in [0.4, 0.5) is 0 Å². The Morgan fingerprint density at radius 2 is 1.82 bits per heavy atom. The van der Waals surface area contributed by atoms with Gasteiger partial charge in [0.1, 0.15) is 0 Å². The molecule has 0 aromatic rings. The van der Waals surface area contributed by atoms with Crippen LogP contribution >= 0.6 is 0 Å². The van der Waals surface area contributed by atoms with Gasteiger partial charge in [-0.05, 0) is 38.6 Å². The van der Waals surface area contributed by atoms with Gasteiger partial charge in [0.25, 0.3) is 0 Å². The Labute approximate surface area is 135 Å². The zero-order valence-electron chi connectivity index (χ0n) is 14.0. The third kappa shape index (κ3) is 5.86. The van der Waals surface area contributed by atoms with Crippen LogP contribution in [0.2, 0.25) is 0 Å². The molecule has 2 N–H and O–H groups in total. The molecule has 0 saturated carbocycles. The minimum absolute atomic E-state index is 0.366. The second-order valence-corrected chi connectivity index (χ2v) is 6.60. The first-order valence-electron chi connectivity index (χ1n) is 9.11. The number of carbonyl (C=O) groups excluding carboxylic acids is 1. The number of piperidine rings is 1. The molecular weight excluding hydrogens is 278 g/mol. The predicted octanol–water partition coefficient (Wildman–Crippen LogP) is 1.61. The lowest BCUT2D eigenvalue weighted by Gasteiger charge is -2.39. The number of likely N-dealkylation sites (tertiary alicyclic amines) is 1. The highest BCUT2D eigenvalue weighted by Crippen LogP contribution is 2.20. The van der Waals surface area contributed by atoms with Crippen molar-refractivity contribution in [3.05, 3.63) is 0 Å². The van der Waals surface area contributed by atoms with Crippen molar-refractivity contribution in [3.8, 4) is 0 Å². The summed E-state index contributed by atoms with van der Waals surface area (Å²) < 4.78 is 5.42. The maximum Gasteiger partial charge on any atom is 0.222 e. The molecule has 2 aliphatic rings. The highest BCUT2D eigenvalue weighted by atomic mass is 16.5. The molecule has 5 heteroatoms. The average Bonchev–Trinajstić information content (AvgIpc) is 2.56. The van der Waals surface area contributed by atoms with Crippen LogP contribution in [0.1, 0.15) is 51.4 Å². The summed E-state index contributed by atoms with van der Waals surface area (Å²) in [5.74, 6) is 0.366. The number of nitrogens with two attached hydrogens (primary N) is 1. The number of hydrogen-bond donors (Lipinski definition) is 1. The normalized spacial score (nSPS) is 23.7. The molecule has 2 rings (SSSR count). The van der Waals surface area contributed by atoms with Crippen molar-refractivity contribution in [2.24, 2.45) is 5.73 Å². The number of rotatable bonds is 8. The fourth-order valence-corrected chi connectivity index (χ4v) is 3.52. The van der Waals surface area contributed by atoms with Gasteiger partial charge in [-0.1, -0.05) is 12.8 Å². The topological polar surface area (TPSA) is 58.8 Å². The smallest absolute Gasteiger partial charge is 0.222 e. The van der Waals surface area contributed by atoms with Gasteiger partial charge in [0.2, 0.25) is 5.91 Å². The Hall–Kier alpha value is -0.650. The van der Waals surface area contributed by atoms with Gasteiger partial charge in [0.15, 0.2) is 0 Å². The van der Waals surface area contributed by atoms with Gasteiger partial charge in [-0.3, -0.25) is 9.69 Å². The van der Waals surface area contributed by atoms with Gasteiger partial charge in [-0.25, -0.2) is 0 Å². The third-order valence-corrected chi connectivity index (χ3v) is 4.86. The Balaban J connectivity index is 1.74. The van der Waals surface area contributed by atoms with E-state index in [2.05, 4.69) is 9.80 Å². The van der Waals surface area contributed by atoms with E-state index in [1.54, 1.807) is 0 Å². The van der Waals surface area contributed by atoms with E-state index in [0.717, 1.165) is 78.0 Å². The second kappa shape index (κ2) is 10.2. The van der Waals surface area contributed by atoms with E-state index in [4.69, 9.17) is 10.5 Å². The van der Waals surface area contributed by atoms with Gasteiger partial charge in [-0.2, -0.15) is 0 Å². The van der Waals surface area contributed by atoms with E-state index in [1.165, 1.54) is 12.8 Å². The molecule has 0 spiro atoms. The zero-order valence-corrected chi connectivity index (χ0v) is 14.0. The molecule has 0 aliphatic carbocycles. The number of hydrogen-bond acceptors (Lipinski definition) is 4. The monoisotopic (exact) mass is 311 g/mol. The summed E-state index contributed by atoms with van der Waals surface area (Å²) in [7, 11) is 0. The highest BCUT2D eigenvalue weighted by Gasteiger charge is 2.28. The molecule has 0 radical (unpaired) electrons. The summed E-state index contributed by atoms with van der Waals surface area (Å²) >= 11 is 0. The Morgan fingerprint density at radius 3 is 2.59 bits per heavy atom. The minimum Gasteiger partial charge on any atom is -0.379 e. The molecule has 2 fully saturated rings. The molecule has 22 heavy (non-hydrogen) atoms. The molecule has 1 amide bonds. The lowest BCUT2D eigenvalue weighted by Crippen LogP contribution is -2.51. The summed E-state index contributed by atoms with van der Waals surface area (Å²) in [6.45, 7) is 6.44. The van der Waals surface area contributed by atoms with Crippen molar-refractivity contribution in [1.82, 2.24) is 9.80 Å². The highest BCUT2D eigenvalue weighted by molar-refractivity contribution is 5.76. The molecule has 0 bridgehead atoms. The van der Waals surface area contributed by atoms with Gasteiger partial charge in [-0.15, -0.1) is 0 Å².